The first-order valence-electron chi connectivity index (χ1n) is 16.2. The summed E-state index contributed by atoms with van der Waals surface area (Å²) in [5, 5.41) is 11.2. The summed E-state index contributed by atoms with van der Waals surface area (Å²) >= 11 is 0. The fourth-order valence-corrected chi connectivity index (χ4v) is 6.55. The lowest BCUT2D eigenvalue weighted by molar-refractivity contribution is -0.140. The molecule has 1 atom stereocenters. The predicted molar refractivity (Wildman–Crippen MR) is 176 cm³/mol. The minimum atomic E-state index is -4.51. The molecule has 262 valence electrons. The van der Waals surface area contributed by atoms with Crippen LogP contribution in [0.3, 0.4) is 0 Å². The number of halogens is 4. The fraction of sp³-hybridized carbons (Fsp3) is 0.371. The third kappa shape index (κ3) is 7.83. The number of likely N-dealkylation sites (N-methyl/N-ethyl adjacent to an activating group) is 1. The lowest BCUT2D eigenvalue weighted by Crippen LogP contribution is -2.39. The number of aromatic nitrogens is 6. The van der Waals surface area contributed by atoms with Gasteiger partial charge in [-0.25, -0.2) is 14.1 Å². The van der Waals surface area contributed by atoms with Gasteiger partial charge in [-0.15, -0.1) is 5.10 Å². The van der Waals surface area contributed by atoms with Crippen LogP contribution in [0.5, 0.6) is 5.75 Å². The Labute approximate surface area is 285 Å². The average molecular weight is 693 g/mol. The quantitative estimate of drug-likeness (QED) is 0.124. The molecule has 15 heteroatoms. The molecular weight excluding hydrogens is 656 g/mol. The first-order chi connectivity index (χ1) is 24.0. The number of Topliss-reactive ketones (excluding diaryl/α,β-unsaturated/α-hetero) is 1. The first-order valence-corrected chi connectivity index (χ1v) is 16.2. The second kappa shape index (κ2) is 14.7. The van der Waals surface area contributed by atoms with Gasteiger partial charge < -0.3 is 19.1 Å². The van der Waals surface area contributed by atoms with E-state index in [0.717, 1.165) is 10.1 Å². The van der Waals surface area contributed by atoms with Gasteiger partial charge in [-0.3, -0.25) is 9.59 Å². The highest BCUT2D eigenvalue weighted by Gasteiger charge is 2.35. The number of nitrogens with zero attached hydrogens (tertiary/aromatic N) is 8. The second-order valence-electron chi connectivity index (χ2n) is 12.5. The van der Waals surface area contributed by atoms with E-state index in [1.165, 1.54) is 30.3 Å². The number of alkyl halides is 3. The molecule has 0 radical (unpaired) electrons. The van der Waals surface area contributed by atoms with Crippen molar-refractivity contribution in [1.29, 1.82) is 0 Å². The molecule has 1 saturated heterocycles. The molecule has 1 aliphatic heterocycles. The van der Waals surface area contributed by atoms with Gasteiger partial charge in [0.25, 0.3) is 5.91 Å². The Balaban J connectivity index is 1.12. The van der Waals surface area contributed by atoms with Crippen molar-refractivity contribution in [1.82, 2.24) is 39.6 Å². The first kappa shape index (κ1) is 34.7. The van der Waals surface area contributed by atoms with Gasteiger partial charge >= 0.3 is 6.18 Å². The molecule has 1 fully saturated rings. The number of hydrogen-bond donors (Lipinski definition) is 0. The van der Waals surface area contributed by atoms with E-state index in [4.69, 9.17) is 4.74 Å². The van der Waals surface area contributed by atoms with Crippen LogP contribution in [0.15, 0.2) is 73.1 Å². The molecule has 50 heavy (non-hydrogen) atoms. The van der Waals surface area contributed by atoms with Gasteiger partial charge in [0.05, 0.1) is 29.4 Å². The summed E-state index contributed by atoms with van der Waals surface area (Å²) in [6, 6.07) is 17.8. The smallest absolute Gasteiger partial charge is 0.406 e. The van der Waals surface area contributed by atoms with E-state index in [-0.39, 0.29) is 34.8 Å². The number of carbonyl (C=O) groups excluding carboxylic acids is 2. The van der Waals surface area contributed by atoms with Crippen LogP contribution in [0.1, 0.15) is 51.7 Å². The predicted octanol–water partition coefficient (Wildman–Crippen LogP) is 5.56. The van der Waals surface area contributed by atoms with Crippen molar-refractivity contribution >= 4 is 22.7 Å². The molecule has 2 aromatic heterocycles. The highest BCUT2D eigenvalue weighted by atomic mass is 19.4. The van der Waals surface area contributed by atoms with Gasteiger partial charge in [0.2, 0.25) is 5.78 Å². The van der Waals surface area contributed by atoms with E-state index in [9.17, 15) is 27.2 Å². The van der Waals surface area contributed by atoms with E-state index >= 15 is 0 Å². The number of tetrazole rings is 1. The Bertz CT molecular complexity index is 1940. The minimum absolute atomic E-state index is 0.153. The maximum absolute atomic E-state index is 13.9. The highest BCUT2D eigenvalue weighted by Crippen LogP contribution is 2.30. The number of amides is 1. The number of likely N-dealkylation sites (tertiary alicyclic amines) is 1. The second-order valence-corrected chi connectivity index (χ2v) is 12.5. The van der Waals surface area contributed by atoms with E-state index in [2.05, 4.69) is 25.4 Å². The molecule has 1 aliphatic rings. The van der Waals surface area contributed by atoms with Gasteiger partial charge in [-0.05, 0) is 97.4 Å². The molecule has 0 aliphatic carbocycles. The zero-order chi connectivity index (χ0) is 35.4. The van der Waals surface area contributed by atoms with Crippen LogP contribution in [-0.2, 0) is 6.54 Å². The number of fused-ring (bicyclic) bond motifs is 1. The van der Waals surface area contributed by atoms with Crippen LogP contribution in [0.25, 0.3) is 16.7 Å². The Morgan fingerprint density at radius 1 is 1.04 bits per heavy atom. The van der Waals surface area contributed by atoms with Crippen LogP contribution in [0.4, 0.5) is 17.6 Å². The molecule has 6 rings (SSSR count). The molecule has 0 unspecified atom stereocenters. The van der Waals surface area contributed by atoms with Crippen molar-refractivity contribution in [2.75, 3.05) is 40.3 Å². The SMILES string of the molecule is COc1ccc(-n2cnnn2)cc1C(=O)N(C)C[C@H](CCN1CCC(C(=O)c2nc3ccccc3n2CC(F)(F)F)CC1)c1ccc(F)cc1. The molecular formula is C35H36F4N8O3. The van der Waals surface area contributed by atoms with Crippen molar-refractivity contribution in [3.63, 3.8) is 0 Å². The third-order valence-electron chi connectivity index (χ3n) is 9.17. The Hall–Kier alpha value is -5.18. The fourth-order valence-electron chi connectivity index (χ4n) is 6.55. The van der Waals surface area contributed by atoms with E-state index < -0.39 is 18.6 Å². The maximum Gasteiger partial charge on any atom is 0.406 e. The number of hydrogen-bond acceptors (Lipinski definition) is 8. The van der Waals surface area contributed by atoms with Gasteiger partial charge in [-0.2, -0.15) is 13.2 Å². The summed E-state index contributed by atoms with van der Waals surface area (Å²) in [6.45, 7) is 0.819. The zero-order valence-electron chi connectivity index (χ0n) is 27.6. The average Bonchev–Trinajstić information content (AvgIpc) is 3.78. The summed E-state index contributed by atoms with van der Waals surface area (Å²) in [5.41, 5.74) is 2.42. The lowest BCUT2D eigenvalue weighted by atomic mass is 9.90. The minimum Gasteiger partial charge on any atom is -0.496 e. The summed E-state index contributed by atoms with van der Waals surface area (Å²) in [4.78, 5) is 35.4. The van der Waals surface area contributed by atoms with Crippen molar-refractivity contribution in [2.45, 2.75) is 37.9 Å². The van der Waals surface area contributed by atoms with Gasteiger partial charge in [0.15, 0.2) is 5.82 Å². The summed E-state index contributed by atoms with van der Waals surface area (Å²) in [6.07, 6.45) is -1.50. The van der Waals surface area contributed by atoms with Crippen LogP contribution in [0.2, 0.25) is 0 Å². The van der Waals surface area contributed by atoms with E-state index in [1.807, 2.05) is 0 Å². The third-order valence-corrected chi connectivity index (χ3v) is 9.17. The summed E-state index contributed by atoms with van der Waals surface area (Å²) < 4.78 is 62.2. The standard InChI is InChI=1S/C35H36F4N8O3/c1-44(34(49)28-19-27(11-12-31(28)50-2)47-22-40-42-43-47)20-25(23-7-9-26(36)10-8-23)15-18-45-16-13-24(14-17-45)32(48)33-41-29-5-3-4-6-30(29)46(33)21-35(37,38)39/h3-12,19,22,24-25H,13-18,20-21H2,1-2H3/t25-/m0/s1. The molecule has 0 saturated carbocycles. The van der Waals surface area contributed by atoms with Gasteiger partial charge in [0.1, 0.15) is 24.4 Å². The Kier molecular flexibility index (Phi) is 10.2. The van der Waals surface area contributed by atoms with Crippen molar-refractivity contribution in [3.8, 4) is 11.4 Å². The summed E-state index contributed by atoms with van der Waals surface area (Å²) in [7, 11) is 3.19. The maximum atomic E-state index is 13.9. The number of ketones is 1. The van der Waals surface area contributed by atoms with Gasteiger partial charge in [0, 0.05) is 25.4 Å². The number of benzene rings is 3. The molecule has 3 heterocycles. The molecule has 0 spiro atoms. The van der Waals surface area contributed by atoms with Crippen LogP contribution in [0, 0.1) is 11.7 Å². The number of ether oxygens (including phenoxy) is 1. The summed E-state index contributed by atoms with van der Waals surface area (Å²) in [5.74, 6) is -1.40. The Morgan fingerprint density at radius 2 is 1.78 bits per heavy atom. The highest BCUT2D eigenvalue weighted by molar-refractivity contribution is 5.98. The van der Waals surface area contributed by atoms with Crippen LogP contribution < -0.4 is 4.74 Å². The number of piperidine rings is 1. The van der Waals surface area contributed by atoms with Gasteiger partial charge in [-0.1, -0.05) is 24.3 Å². The van der Waals surface area contributed by atoms with Crippen LogP contribution in [-0.4, -0.2) is 97.8 Å². The van der Waals surface area contributed by atoms with Crippen molar-refractivity contribution in [3.05, 3.63) is 95.8 Å². The molecule has 11 nitrogen and oxygen atoms in total. The normalized spacial score (nSPS) is 14.9. The molecule has 0 bridgehead atoms. The largest absolute Gasteiger partial charge is 0.496 e. The zero-order valence-corrected chi connectivity index (χ0v) is 27.6. The number of para-hydroxylation sites is 2. The van der Waals surface area contributed by atoms with E-state index in [1.54, 1.807) is 66.5 Å². The van der Waals surface area contributed by atoms with Crippen molar-refractivity contribution < 1.29 is 31.9 Å². The Morgan fingerprint density at radius 3 is 2.46 bits per heavy atom. The molecule has 1 amide bonds. The number of imidazole rings is 1. The van der Waals surface area contributed by atoms with Crippen LogP contribution >= 0.6 is 0 Å². The number of carbonyl (C=O) groups is 2. The number of rotatable bonds is 12. The lowest BCUT2D eigenvalue weighted by Gasteiger charge is -2.33. The monoisotopic (exact) mass is 692 g/mol. The number of methoxy groups -OCH3 is 1. The topological polar surface area (TPSA) is 111 Å². The molecule has 5 aromatic rings. The molecule has 3 aromatic carbocycles. The van der Waals surface area contributed by atoms with Crippen molar-refractivity contribution in [2.24, 2.45) is 5.92 Å². The molecule has 0 N–H and O–H groups in total. The van der Waals surface area contributed by atoms with E-state index in [0.29, 0.717) is 68.0 Å².